The summed E-state index contributed by atoms with van der Waals surface area (Å²) in [7, 11) is 3.05. The van der Waals surface area contributed by atoms with E-state index in [4.69, 9.17) is 23.7 Å². The molecular formula is C19H20O6. The van der Waals surface area contributed by atoms with Crippen molar-refractivity contribution < 1.29 is 28.5 Å². The predicted octanol–water partition coefficient (Wildman–Crippen LogP) is 3.36. The summed E-state index contributed by atoms with van der Waals surface area (Å²) in [6.07, 6.45) is -0.0901. The SMILES string of the molecule is COCOc1cc(OCOC)c2c(c1)O[C@H](c1ccccc1)CC2=O. The molecule has 0 radical (unpaired) electrons. The monoisotopic (exact) mass is 344 g/mol. The van der Waals surface area contributed by atoms with Crippen molar-refractivity contribution in [2.75, 3.05) is 27.8 Å². The van der Waals surface area contributed by atoms with Crippen LogP contribution in [0.4, 0.5) is 0 Å². The van der Waals surface area contributed by atoms with Crippen LogP contribution in [0, 0.1) is 0 Å². The minimum absolute atomic E-state index is 0.0234. The highest BCUT2D eigenvalue weighted by molar-refractivity contribution is 6.02. The molecule has 2 aromatic carbocycles. The Bertz CT molecular complexity index is 728. The van der Waals surface area contributed by atoms with Gasteiger partial charge in [-0.25, -0.2) is 0 Å². The molecular weight excluding hydrogens is 324 g/mol. The minimum atomic E-state index is -0.339. The van der Waals surface area contributed by atoms with Gasteiger partial charge in [-0.1, -0.05) is 30.3 Å². The lowest BCUT2D eigenvalue weighted by Gasteiger charge is -2.27. The Morgan fingerprint density at radius 2 is 1.76 bits per heavy atom. The molecule has 6 nitrogen and oxygen atoms in total. The van der Waals surface area contributed by atoms with Gasteiger partial charge in [0.25, 0.3) is 0 Å². The lowest BCUT2D eigenvalue weighted by atomic mass is 9.95. The lowest BCUT2D eigenvalue weighted by Crippen LogP contribution is -2.21. The van der Waals surface area contributed by atoms with Crippen molar-refractivity contribution in [3.8, 4) is 17.2 Å². The maximum absolute atomic E-state index is 12.7. The second kappa shape index (κ2) is 8.00. The summed E-state index contributed by atoms with van der Waals surface area (Å²) in [5.74, 6) is 1.26. The first-order chi connectivity index (χ1) is 12.2. The van der Waals surface area contributed by atoms with Gasteiger partial charge in [-0.15, -0.1) is 0 Å². The first-order valence-electron chi connectivity index (χ1n) is 7.89. The molecule has 2 aromatic rings. The number of hydrogen-bond donors (Lipinski definition) is 0. The van der Waals surface area contributed by atoms with Gasteiger partial charge in [-0.05, 0) is 5.56 Å². The second-order valence-electron chi connectivity index (χ2n) is 5.54. The smallest absolute Gasteiger partial charge is 0.188 e. The Morgan fingerprint density at radius 1 is 1.04 bits per heavy atom. The molecule has 0 fully saturated rings. The molecule has 1 heterocycles. The van der Waals surface area contributed by atoms with Crippen molar-refractivity contribution in [3.63, 3.8) is 0 Å². The van der Waals surface area contributed by atoms with E-state index in [1.54, 1.807) is 12.1 Å². The summed E-state index contributed by atoms with van der Waals surface area (Å²) >= 11 is 0. The molecule has 1 atom stereocenters. The fourth-order valence-electron chi connectivity index (χ4n) is 2.70. The topological polar surface area (TPSA) is 63.2 Å². The number of Topliss-reactive ketones (excluding diaryl/α,β-unsaturated/α-hetero) is 1. The molecule has 3 rings (SSSR count). The standard InChI is InChI=1S/C19H20O6/c1-21-11-23-14-8-17(24-12-22-2)19-15(20)10-16(25-18(19)9-14)13-6-4-3-5-7-13/h3-9,16H,10-12H2,1-2H3/t16-/m0/s1. The fraction of sp³-hybridized carbons (Fsp3) is 0.316. The van der Waals surface area contributed by atoms with Crippen molar-refractivity contribution in [2.45, 2.75) is 12.5 Å². The largest absolute Gasteiger partial charge is 0.484 e. The number of hydrogen-bond acceptors (Lipinski definition) is 6. The van der Waals surface area contributed by atoms with Crippen LogP contribution in [0.3, 0.4) is 0 Å². The molecule has 25 heavy (non-hydrogen) atoms. The van der Waals surface area contributed by atoms with Crippen LogP contribution in [-0.2, 0) is 9.47 Å². The summed E-state index contributed by atoms with van der Waals surface area (Å²) in [6.45, 7) is 0.105. The summed E-state index contributed by atoms with van der Waals surface area (Å²) in [6, 6.07) is 13.0. The lowest BCUT2D eigenvalue weighted by molar-refractivity contribution is 0.0439. The molecule has 0 amide bonds. The summed E-state index contributed by atoms with van der Waals surface area (Å²) < 4.78 is 27.0. The zero-order valence-electron chi connectivity index (χ0n) is 14.2. The first kappa shape index (κ1) is 17.3. The van der Waals surface area contributed by atoms with Gasteiger partial charge in [0.15, 0.2) is 19.4 Å². The molecule has 6 heteroatoms. The predicted molar refractivity (Wildman–Crippen MR) is 90.2 cm³/mol. The summed E-state index contributed by atoms with van der Waals surface area (Å²) in [5, 5.41) is 0. The Morgan fingerprint density at radius 3 is 2.48 bits per heavy atom. The molecule has 0 spiro atoms. The number of ether oxygens (including phenoxy) is 5. The number of benzene rings is 2. The number of ketones is 1. The van der Waals surface area contributed by atoms with Crippen molar-refractivity contribution in [1.82, 2.24) is 0 Å². The van der Waals surface area contributed by atoms with Gasteiger partial charge in [0.2, 0.25) is 0 Å². The number of carbonyl (C=O) groups is 1. The minimum Gasteiger partial charge on any atom is -0.484 e. The molecule has 1 aliphatic heterocycles. The number of methoxy groups -OCH3 is 2. The number of fused-ring (bicyclic) bond motifs is 1. The maximum atomic E-state index is 12.7. The highest BCUT2D eigenvalue weighted by atomic mass is 16.7. The second-order valence-corrected chi connectivity index (χ2v) is 5.54. The van der Waals surface area contributed by atoms with E-state index in [1.807, 2.05) is 30.3 Å². The van der Waals surface area contributed by atoms with Crippen LogP contribution in [0.15, 0.2) is 42.5 Å². The van der Waals surface area contributed by atoms with Gasteiger partial charge in [-0.3, -0.25) is 4.79 Å². The van der Waals surface area contributed by atoms with Crippen LogP contribution in [0.5, 0.6) is 17.2 Å². The van der Waals surface area contributed by atoms with Crippen molar-refractivity contribution in [2.24, 2.45) is 0 Å². The van der Waals surface area contributed by atoms with Gasteiger partial charge < -0.3 is 23.7 Å². The van der Waals surface area contributed by atoms with E-state index in [1.165, 1.54) is 14.2 Å². The molecule has 132 valence electrons. The average Bonchev–Trinajstić information content (AvgIpc) is 2.64. The van der Waals surface area contributed by atoms with E-state index in [9.17, 15) is 4.79 Å². The van der Waals surface area contributed by atoms with E-state index in [-0.39, 0.29) is 31.9 Å². The number of carbonyl (C=O) groups excluding carboxylic acids is 1. The van der Waals surface area contributed by atoms with Crippen molar-refractivity contribution in [1.29, 1.82) is 0 Å². The molecule has 0 aliphatic carbocycles. The quantitative estimate of drug-likeness (QED) is 0.718. The third kappa shape index (κ3) is 3.92. The zero-order valence-corrected chi connectivity index (χ0v) is 14.2. The third-order valence-electron chi connectivity index (χ3n) is 3.81. The van der Waals surface area contributed by atoms with Crippen LogP contribution in [0.25, 0.3) is 0 Å². The van der Waals surface area contributed by atoms with Crippen LogP contribution in [-0.4, -0.2) is 33.6 Å². The number of rotatable bonds is 7. The fourth-order valence-corrected chi connectivity index (χ4v) is 2.70. The molecule has 0 unspecified atom stereocenters. The average molecular weight is 344 g/mol. The molecule has 0 saturated carbocycles. The van der Waals surface area contributed by atoms with Gasteiger partial charge in [0.1, 0.15) is 28.9 Å². The van der Waals surface area contributed by atoms with Gasteiger partial charge in [0, 0.05) is 26.4 Å². The zero-order chi connectivity index (χ0) is 17.6. The first-order valence-corrected chi connectivity index (χ1v) is 7.89. The van der Waals surface area contributed by atoms with Gasteiger partial charge in [-0.2, -0.15) is 0 Å². The maximum Gasteiger partial charge on any atom is 0.188 e. The van der Waals surface area contributed by atoms with E-state index < -0.39 is 0 Å². The molecule has 0 aromatic heterocycles. The van der Waals surface area contributed by atoms with Crippen molar-refractivity contribution >= 4 is 5.78 Å². The normalized spacial score (nSPS) is 16.1. The summed E-state index contributed by atoms with van der Waals surface area (Å²) in [5.41, 5.74) is 1.36. The highest BCUT2D eigenvalue weighted by Crippen LogP contribution is 2.42. The Balaban J connectivity index is 1.95. The van der Waals surface area contributed by atoms with Crippen LogP contribution >= 0.6 is 0 Å². The van der Waals surface area contributed by atoms with E-state index >= 15 is 0 Å². The summed E-state index contributed by atoms with van der Waals surface area (Å²) in [4.78, 5) is 12.7. The Kier molecular flexibility index (Phi) is 5.53. The Hall–Kier alpha value is -2.57. The highest BCUT2D eigenvalue weighted by Gasteiger charge is 2.31. The van der Waals surface area contributed by atoms with Gasteiger partial charge in [0.05, 0.1) is 6.42 Å². The molecule has 0 N–H and O–H groups in total. The van der Waals surface area contributed by atoms with Crippen LogP contribution < -0.4 is 14.2 Å². The van der Waals surface area contributed by atoms with Crippen LogP contribution in [0.1, 0.15) is 28.4 Å². The van der Waals surface area contributed by atoms with E-state index in [2.05, 4.69) is 0 Å². The Labute approximate surface area is 146 Å². The van der Waals surface area contributed by atoms with Crippen LogP contribution in [0.2, 0.25) is 0 Å². The van der Waals surface area contributed by atoms with Gasteiger partial charge >= 0.3 is 0 Å². The molecule has 0 bridgehead atoms. The van der Waals surface area contributed by atoms with Crippen molar-refractivity contribution in [3.05, 3.63) is 53.6 Å². The van der Waals surface area contributed by atoms with E-state index in [0.29, 0.717) is 22.8 Å². The van der Waals surface area contributed by atoms with E-state index in [0.717, 1.165) is 5.56 Å². The molecule has 0 saturated heterocycles. The third-order valence-corrected chi connectivity index (χ3v) is 3.81. The molecule has 1 aliphatic rings.